The van der Waals surface area contributed by atoms with Gasteiger partial charge in [-0.1, -0.05) is 42.2 Å². The lowest BCUT2D eigenvalue weighted by molar-refractivity contribution is -0.113. The summed E-state index contributed by atoms with van der Waals surface area (Å²) in [5.74, 6) is 1.49. The van der Waals surface area contributed by atoms with E-state index < -0.39 is 0 Å². The van der Waals surface area contributed by atoms with Crippen LogP contribution >= 0.6 is 23.1 Å². The fourth-order valence-corrected chi connectivity index (χ4v) is 5.42. The summed E-state index contributed by atoms with van der Waals surface area (Å²) in [6.07, 6.45) is 3.98. The Labute approximate surface area is 184 Å². The zero-order valence-electron chi connectivity index (χ0n) is 17.1. The molecule has 0 aliphatic carbocycles. The van der Waals surface area contributed by atoms with Crippen LogP contribution in [-0.4, -0.2) is 46.3 Å². The second-order valence-electron chi connectivity index (χ2n) is 7.29. The first kappa shape index (κ1) is 20.9. The summed E-state index contributed by atoms with van der Waals surface area (Å²) < 4.78 is 6.52. The number of fused-ring (bicyclic) bond motifs is 1. The predicted octanol–water partition coefficient (Wildman–Crippen LogP) is 4.45. The number of hydrogen-bond donors (Lipinski definition) is 1. The molecule has 1 atom stereocenters. The first-order valence-corrected chi connectivity index (χ1v) is 11.9. The van der Waals surface area contributed by atoms with Gasteiger partial charge in [0.25, 0.3) is 0 Å². The van der Waals surface area contributed by atoms with Crippen molar-refractivity contribution in [3.05, 3.63) is 30.6 Å². The molecule has 0 saturated carbocycles. The Morgan fingerprint density at radius 2 is 2.23 bits per heavy atom. The average molecular weight is 444 g/mol. The van der Waals surface area contributed by atoms with Gasteiger partial charge in [0.2, 0.25) is 5.91 Å². The van der Waals surface area contributed by atoms with Gasteiger partial charge in [-0.2, -0.15) is 4.98 Å². The molecule has 0 spiro atoms. The first-order chi connectivity index (χ1) is 14.6. The number of carbonyl (C=O) groups excluding carboxylic acids is 1. The Hall–Kier alpha value is -2.39. The summed E-state index contributed by atoms with van der Waals surface area (Å²) in [4.78, 5) is 28.3. The Bertz CT molecular complexity index is 1030. The number of nitrogens with zero attached hydrogens (tertiary/aromatic N) is 4. The lowest BCUT2D eigenvalue weighted by Gasteiger charge is -2.30. The van der Waals surface area contributed by atoms with E-state index in [-0.39, 0.29) is 11.7 Å². The number of anilines is 2. The minimum absolute atomic E-state index is 0.103. The number of para-hydroxylation sites is 2. The third kappa shape index (κ3) is 4.84. The Morgan fingerprint density at radius 1 is 1.37 bits per heavy atom. The number of ether oxygens (including phenoxy) is 1. The number of carbonyl (C=O) groups is 1. The zero-order valence-corrected chi connectivity index (χ0v) is 18.8. The number of thiazole rings is 1. The lowest BCUT2D eigenvalue weighted by atomic mass is 10.0. The van der Waals surface area contributed by atoms with Gasteiger partial charge in [-0.3, -0.25) is 4.79 Å². The van der Waals surface area contributed by atoms with E-state index >= 15 is 0 Å². The molecule has 9 heteroatoms. The Morgan fingerprint density at radius 3 is 3.07 bits per heavy atom. The van der Waals surface area contributed by atoms with Crippen LogP contribution in [0.2, 0.25) is 0 Å². The molecule has 2 aromatic heterocycles. The summed E-state index contributed by atoms with van der Waals surface area (Å²) in [6.45, 7) is 6.80. The molecule has 1 aliphatic heterocycles. The number of piperidine rings is 1. The van der Waals surface area contributed by atoms with E-state index in [0.717, 1.165) is 27.9 Å². The maximum atomic E-state index is 12.5. The van der Waals surface area contributed by atoms with Crippen molar-refractivity contribution in [2.75, 3.05) is 35.7 Å². The minimum Gasteiger partial charge on any atom is -0.492 e. The number of benzene rings is 1. The lowest BCUT2D eigenvalue weighted by Crippen LogP contribution is -2.34. The SMILES string of the molecule is CCOc1ccccc1NC(=O)CSc1ncnc2nc(N3CCC[C@H](C)C3)sc12. The van der Waals surface area contributed by atoms with Crippen molar-refractivity contribution in [2.45, 2.75) is 31.7 Å². The summed E-state index contributed by atoms with van der Waals surface area (Å²) in [5, 5.41) is 4.71. The largest absolute Gasteiger partial charge is 0.492 e. The highest BCUT2D eigenvalue weighted by Crippen LogP contribution is 2.35. The van der Waals surface area contributed by atoms with Crippen molar-refractivity contribution in [1.82, 2.24) is 15.0 Å². The highest BCUT2D eigenvalue weighted by Gasteiger charge is 2.21. The fourth-order valence-electron chi connectivity index (χ4n) is 3.50. The molecule has 30 heavy (non-hydrogen) atoms. The number of rotatable bonds is 7. The van der Waals surface area contributed by atoms with Gasteiger partial charge in [-0.25, -0.2) is 9.97 Å². The minimum atomic E-state index is -0.103. The molecule has 1 aliphatic rings. The van der Waals surface area contributed by atoms with Crippen LogP contribution in [0, 0.1) is 5.92 Å². The molecule has 158 valence electrons. The summed E-state index contributed by atoms with van der Waals surface area (Å²) in [7, 11) is 0. The van der Waals surface area contributed by atoms with E-state index in [4.69, 9.17) is 9.72 Å². The molecule has 3 heterocycles. The second-order valence-corrected chi connectivity index (χ2v) is 9.23. The average Bonchev–Trinajstić information content (AvgIpc) is 3.19. The van der Waals surface area contributed by atoms with Crippen LogP contribution in [0.25, 0.3) is 10.3 Å². The molecular formula is C21H25N5O2S2. The smallest absolute Gasteiger partial charge is 0.234 e. The molecular weight excluding hydrogens is 418 g/mol. The van der Waals surface area contributed by atoms with Gasteiger partial charge in [0.15, 0.2) is 10.8 Å². The topological polar surface area (TPSA) is 80.2 Å². The second kappa shape index (κ2) is 9.61. The van der Waals surface area contributed by atoms with Crippen molar-refractivity contribution >= 4 is 50.2 Å². The summed E-state index contributed by atoms with van der Waals surface area (Å²) in [6, 6.07) is 7.45. The quantitative estimate of drug-likeness (QED) is 0.427. The number of nitrogens with one attached hydrogen (secondary N) is 1. The number of thioether (sulfide) groups is 1. The maximum Gasteiger partial charge on any atom is 0.234 e. The molecule has 7 nitrogen and oxygen atoms in total. The van der Waals surface area contributed by atoms with Crippen LogP contribution < -0.4 is 15.0 Å². The van der Waals surface area contributed by atoms with E-state index in [2.05, 4.69) is 27.1 Å². The van der Waals surface area contributed by atoms with Crippen LogP contribution in [0.1, 0.15) is 26.7 Å². The zero-order chi connectivity index (χ0) is 20.9. The Balaban J connectivity index is 1.44. The van der Waals surface area contributed by atoms with Crippen molar-refractivity contribution in [3.8, 4) is 5.75 Å². The number of hydrogen-bond acceptors (Lipinski definition) is 8. The first-order valence-electron chi connectivity index (χ1n) is 10.1. The normalized spacial score (nSPS) is 16.6. The van der Waals surface area contributed by atoms with E-state index in [9.17, 15) is 4.79 Å². The summed E-state index contributed by atoms with van der Waals surface area (Å²) >= 11 is 3.02. The molecule has 0 unspecified atom stereocenters. The Kier molecular flexibility index (Phi) is 6.69. The van der Waals surface area contributed by atoms with Gasteiger partial charge in [0, 0.05) is 13.1 Å². The standard InChI is InChI=1S/C21H25N5O2S2/c1-3-28-16-9-5-4-8-15(16)24-17(27)12-29-20-18-19(22-13-23-20)25-21(30-18)26-10-6-7-14(2)11-26/h4-5,8-9,13-14H,3,6-7,10-12H2,1-2H3,(H,24,27)/t14-/m0/s1. The number of amides is 1. The molecule has 1 N–H and O–H groups in total. The van der Waals surface area contributed by atoms with Crippen LogP contribution in [0.15, 0.2) is 35.6 Å². The van der Waals surface area contributed by atoms with E-state index in [0.29, 0.717) is 29.6 Å². The van der Waals surface area contributed by atoms with E-state index in [1.165, 1.54) is 30.9 Å². The van der Waals surface area contributed by atoms with Gasteiger partial charge in [-0.05, 0) is 37.8 Å². The molecule has 1 aromatic carbocycles. The molecule has 1 saturated heterocycles. The molecule has 1 amide bonds. The predicted molar refractivity (Wildman–Crippen MR) is 123 cm³/mol. The molecule has 1 fully saturated rings. The third-order valence-corrected chi connectivity index (χ3v) is 7.11. The van der Waals surface area contributed by atoms with Crippen LogP contribution in [-0.2, 0) is 4.79 Å². The summed E-state index contributed by atoms with van der Waals surface area (Å²) in [5.41, 5.74) is 1.38. The van der Waals surface area contributed by atoms with Gasteiger partial charge in [0.1, 0.15) is 21.8 Å². The highest BCUT2D eigenvalue weighted by molar-refractivity contribution is 8.00. The number of aromatic nitrogens is 3. The molecule has 0 bridgehead atoms. The van der Waals surface area contributed by atoms with E-state index in [1.807, 2.05) is 31.2 Å². The van der Waals surface area contributed by atoms with Crippen molar-refractivity contribution in [2.24, 2.45) is 5.92 Å². The monoisotopic (exact) mass is 443 g/mol. The molecule has 4 rings (SSSR count). The molecule has 3 aromatic rings. The molecule has 0 radical (unpaired) electrons. The van der Waals surface area contributed by atoms with Gasteiger partial charge >= 0.3 is 0 Å². The van der Waals surface area contributed by atoms with Crippen LogP contribution in [0.5, 0.6) is 5.75 Å². The fraction of sp³-hybridized carbons (Fsp3) is 0.429. The van der Waals surface area contributed by atoms with E-state index in [1.54, 1.807) is 11.3 Å². The van der Waals surface area contributed by atoms with Crippen LogP contribution in [0.3, 0.4) is 0 Å². The third-order valence-electron chi connectivity index (χ3n) is 4.88. The maximum absolute atomic E-state index is 12.5. The van der Waals surface area contributed by atoms with Gasteiger partial charge in [-0.15, -0.1) is 0 Å². The van der Waals surface area contributed by atoms with Crippen molar-refractivity contribution < 1.29 is 9.53 Å². The van der Waals surface area contributed by atoms with Crippen LogP contribution in [0.4, 0.5) is 10.8 Å². The van der Waals surface area contributed by atoms with Crippen molar-refractivity contribution in [3.63, 3.8) is 0 Å². The van der Waals surface area contributed by atoms with Gasteiger partial charge in [0.05, 0.1) is 18.0 Å². The van der Waals surface area contributed by atoms with Gasteiger partial charge < -0.3 is 15.0 Å². The highest BCUT2D eigenvalue weighted by atomic mass is 32.2. The van der Waals surface area contributed by atoms with Crippen molar-refractivity contribution in [1.29, 1.82) is 0 Å².